The van der Waals surface area contributed by atoms with Crippen molar-refractivity contribution in [2.45, 2.75) is 13.3 Å². The maximum atomic E-state index is 9.02. The van der Waals surface area contributed by atoms with E-state index in [2.05, 4.69) is 17.3 Å². The highest BCUT2D eigenvalue weighted by Crippen LogP contribution is 2.33. The first-order valence-corrected chi connectivity index (χ1v) is 6.67. The normalized spacial score (nSPS) is 10.5. The minimum Gasteiger partial charge on any atom is -0.454 e. The number of anilines is 1. The van der Waals surface area contributed by atoms with Crippen molar-refractivity contribution in [2.75, 3.05) is 5.43 Å². The molecule has 0 saturated carbocycles. The average Bonchev–Trinajstić information content (AvgIpc) is 2.92. The first-order valence-electron chi connectivity index (χ1n) is 6.67. The average molecular weight is 278 g/mol. The summed E-state index contributed by atoms with van der Waals surface area (Å²) in [5, 5.41) is 10.1. The second kappa shape index (κ2) is 5.27. The first-order chi connectivity index (χ1) is 10.3. The number of hydrogen-bond acceptors (Lipinski definition) is 5. The van der Waals surface area contributed by atoms with E-state index in [-0.39, 0.29) is 0 Å². The molecule has 0 unspecified atom stereocenters. The van der Waals surface area contributed by atoms with Gasteiger partial charge in [0, 0.05) is 10.9 Å². The highest BCUT2D eigenvalue weighted by molar-refractivity contribution is 5.87. The maximum absolute atomic E-state index is 9.02. The van der Waals surface area contributed by atoms with Crippen molar-refractivity contribution in [2.24, 2.45) is 5.84 Å². The fourth-order valence-corrected chi connectivity index (χ4v) is 2.44. The van der Waals surface area contributed by atoms with Gasteiger partial charge in [-0.25, -0.2) is 10.8 Å². The third-order valence-electron chi connectivity index (χ3n) is 3.44. The molecule has 0 amide bonds. The van der Waals surface area contributed by atoms with Crippen LogP contribution >= 0.6 is 0 Å². The first kappa shape index (κ1) is 13.2. The minimum absolute atomic E-state index is 0.345. The van der Waals surface area contributed by atoms with Crippen molar-refractivity contribution >= 4 is 16.8 Å². The number of hydrogen-bond donors (Lipinski definition) is 2. The molecule has 3 rings (SSSR count). The van der Waals surface area contributed by atoms with Gasteiger partial charge in [-0.05, 0) is 24.6 Å². The van der Waals surface area contributed by atoms with E-state index in [1.165, 1.54) is 0 Å². The Kier molecular flexibility index (Phi) is 3.30. The lowest BCUT2D eigenvalue weighted by Crippen LogP contribution is -2.10. The fraction of sp³-hybridized carbons (Fsp3) is 0.125. The summed E-state index contributed by atoms with van der Waals surface area (Å²) in [5.74, 6) is 6.49. The lowest BCUT2D eigenvalue weighted by molar-refractivity contribution is 0.624. The molecule has 0 atom stereocenters. The number of fused-ring (bicyclic) bond motifs is 1. The van der Waals surface area contributed by atoms with Crippen molar-refractivity contribution in [3.8, 4) is 17.5 Å². The van der Waals surface area contributed by atoms with E-state index >= 15 is 0 Å². The molecule has 5 nitrogen and oxygen atoms in total. The number of nitrogens with one attached hydrogen (secondary N) is 1. The topological polar surface area (TPSA) is 87.9 Å². The Morgan fingerprint density at radius 3 is 2.81 bits per heavy atom. The number of hydrazine groups is 1. The standard InChI is InChI=1S/C16H14N4O/c1-2-11-12-5-3-4-6-14(12)21-15(11)13-8-7-10(9-17)16(19-13)20-18/h3-8H,2,18H2,1H3,(H,19,20). The van der Waals surface area contributed by atoms with Crippen LogP contribution in [-0.2, 0) is 6.42 Å². The fourth-order valence-electron chi connectivity index (χ4n) is 2.44. The molecule has 0 spiro atoms. The number of aryl methyl sites for hydroxylation is 1. The molecule has 0 aliphatic rings. The van der Waals surface area contributed by atoms with Gasteiger partial charge in [-0.15, -0.1) is 0 Å². The third kappa shape index (κ3) is 2.12. The smallest absolute Gasteiger partial charge is 0.158 e. The number of nitrogens with two attached hydrogens (primary N) is 1. The minimum atomic E-state index is 0.345. The molecule has 3 N–H and O–H groups in total. The van der Waals surface area contributed by atoms with Gasteiger partial charge in [0.25, 0.3) is 0 Å². The number of rotatable bonds is 3. The van der Waals surface area contributed by atoms with E-state index in [1.807, 2.05) is 30.3 Å². The van der Waals surface area contributed by atoms with Crippen molar-refractivity contribution in [3.63, 3.8) is 0 Å². The summed E-state index contributed by atoms with van der Waals surface area (Å²) in [4.78, 5) is 4.38. The lowest BCUT2D eigenvalue weighted by atomic mass is 10.1. The molecule has 0 bridgehead atoms. The summed E-state index contributed by atoms with van der Waals surface area (Å²) in [6.45, 7) is 2.08. The second-order valence-electron chi connectivity index (χ2n) is 4.61. The molecule has 21 heavy (non-hydrogen) atoms. The number of benzene rings is 1. The molecule has 0 aliphatic carbocycles. The van der Waals surface area contributed by atoms with Gasteiger partial charge in [-0.2, -0.15) is 5.26 Å². The quantitative estimate of drug-likeness (QED) is 0.567. The number of furan rings is 1. The van der Waals surface area contributed by atoms with Crippen molar-refractivity contribution < 1.29 is 4.42 Å². The van der Waals surface area contributed by atoms with Gasteiger partial charge < -0.3 is 9.84 Å². The van der Waals surface area contributed by atoms with Crippen LogP contribution in [0, 0.1) is 11.3 Å². The van der Waals surface area contributed by atoms with Crippen LogP contribution in [0.15, 0.2) is 40.8 Å². The van der Waals surface area contributed by atoms with Gasteiger partial charge >= 0.3 is 0 Å². The zero-order chi connectivity index (χ0) is 14.8. The second-order valence-corrected chi connectivity index (χ2v) is 4.61. The van der Waals surface area contributed by atoms with E-state index < -0.39 is 0 Å². The zero-order valence-electron chi connectivity index (χ0n) is 11.6. The number of nitrogen functional groups attached to an aromatic ring is 1. The van der Waals surface area contributed by atoms with Crippen LogP contribution in [0.3, 0.4) is 0 Å². The van der Waals surface area contributed by atoms with Crippen LogP contribution in [0.5, 0.6) is 0 Å². The molecule has 3 aromatic rings. The maximum Gasteiger partial charge on any atom is 0.158 e. The lowest BCUT2D eigenvalue weighted by Gasteiger charge is -2.05. The third-order valence-corrected chi connectivity index (χ3v) is 3.44. The van der Waals surface area contributed by atoms with Crippen LogP contribution in [0.25, 0.3) is 22.4 Å². The summed E-state index contributed by atoms with van der Waals surface area (Å²) in [6, 6.07) is 13.4. The van der Waals surface area contributed by atoms with Gasteiger partial charge in [0.15, 0.2) is 11.6 Å². The van der Waals surface area contributed by atoms with E-state index in [1.54, 1.807) is 12.1 Å². The van der Waals surface area contributed by atoms with Gasteiger partial charge in [0.05, 0.1) is 5.56 Å². The summed E-state index contributed by atoms with van der Waals surface area (Å²) < 4.78 is 5.94. The Hall–Kier alpha value is -2.84. The van der Waals surface area contributed by atoms with Crippen LogP contribution < -0.4 is 11.3 Å². The van der Waals surface area contributed by atoms with Crippen molar-refractivity contribution in [3.05, 3.63) is 47.5 Å². The number of aromatic nitrogens is 1. The number of para-hydroxylation sites is 1. The van der Waals surface area contributed by atoms with Gasteiger partial charge in [-0.3, -0.25) is 0 Å². The Bertz CT molecular complexity index is 845. The number of pyridine rings is 1. The Morgan fingerprint density at radius 1 is 1.29 bits per heavy atom. The zero-order valence-corrected chi connectivity index (χ0v) is 11.6. The number of nitriles is 1. The molecule has 0 fully saturated rings. The molecule has 2 aromatic heterocycles. The van der Waals surface area contributed by atoms with Crippen molar-refractivity contribution in [1.82, 2.24) is 4.98 Å². The predicted molar refractivity (Wildman–Crippen MR) is 81.3 cm³/mol. The molecule has 104 valence electrons. The van der Waals surface area contributed by atoms with Gasteiger partial charge in [-0.1, -0.05) is 25.1 Å². The Balaban J connectivity index is 2.23. The highest BCUT2D eigenvalue weighted by atomic mass is 16.3. The van der Waals surface area contributed by atoms with Crippen LogP contribution in [0.2, 0.25) is 0 Å². The molecule has 0 radical (unpaired) electrons. The summed E-state index contributed by atoms with van der Waals surface area (Å²) in [6.07, 6.45) is 0.833. The monoisotopic (exact) mass is 278 g/mol. The van der Waals surface area contributed by atoms with E-state index in [4.69, 9.17) is 15.5 Å². The molecule has 5 heteroatoms. The molecular weight excluding hydrogens is 264 g/mol. The van der Waals surface area contributed by atoms with Crippen molar-refractivity contribution in [1.29, 1.82) is 5.26 Å². The molecular formula is C16H14N4O. The highest BCUT2D eigenvalue weighted by Gasteiger charge is 2.16. The molecule has 0 aliphatic heterocycles. The SMILES string of the molecule is CCc1c(-c2ccc(C#N)c(NN)n2)oc2ccccc12. The van der Waals surface area contributed by atoms with E-state index in [0.29, 0.717) is 17.1 Å². The number of nitrogens with zero attached hydrogens (tertiary/aromatic N) is 2. The van der Waals surface area contributed by atoms with E-state index in [0.717, 1.165) is 28.7 Å². The summed E-state index contributed by atoms with van der Waals surface area (Å²) >= 11 is 0. The summed E-state index contributed by atoms with van der Waals surface area (Å²) in [5.41, 5.74) is 5.45. The Labute approximate surface area is 122 Å². The Morgan fingerprint density at radius 2 is 2.10 bits per heavy atom. The molecule has 1 aromatic carbocycles. The largest absolute Gasteiger partial charge is 0.454 e. The van der Waals surface area contributed by atoms with Crippen LogP contribution in [0.1, 0.15) is 18.1 Å². The molecule has 2 heterocycles. The summed E-state index contributed by atoms with van der Waals surface area (Å²) in [7, 11) is 0. The van der Waals surface area contributed by atoms with Crippen LogP contribution in [-0.4, -0.2) is 4.98 Å². The predicted octanol–water partition coefficient (Wildman–Crippen LogP) is 3.21. The van der Waals surface area contributed by atoms with Gasteiger partial charge in [0.2, 0.25) is 0 Å². The van der Waals surface area contributed by atoms with E-state index in [9.17, 15) is 0 Å². The van der Waals surface area contributed by atoms with Gasteiger partial charge in [0.1, 0.15) is 17.3 Å². The van der Waals surface area contributed by atoms with Crippen LogP contribution in [0.4, 0.5) is 5.82 Å². The molecule has 0 saturated heterocycles.